The van der Waals surface area contributed by atoms with Gasteiger partial charge in [-0.25, -0.2) is 0 Å². The van der Waals surface area contributed by atoms with E-state index in [4.69, 9.17) is 5.73 Å². The third-order valence-electron chi connectivity index (χ3n) is 2.65. The molecule has 0 fully saturated rings. The molecular weight excluding hydrogens is 184 g/mol. The Kier molecular flexibility index (Phi) is 2.69. The third kappa shape index (κ3) is 2.00. The van der Waals surface area contributed by atoms with Crippen LogP contribution >= 0.6 is 0 Å². The number of fused-ring (bicyclic) bond motifs is 1. The van der Waals surface area contributed by atoms with Gasteiger partial charge >= 0.3 is 0 Å². The van der Waals surface area contributed by atoms with E-state index in [2.05, 4.69) is 43.1 Å². The van der Waals surface area contributed by atoms with Crippen molar-refractivity contribution < 1.29 is 0 Å². The Bertz CT molecular complexity index is 475. The van der Waals surface area contributed by atoms with Crippen molar-refractivity contribution in [3.63, 3.8) is 0 Å². The maximum atomic E-state index is 5.56. The quantitative estimate of drug-likeness (QED) is 0.809. The van der Waals surface area contributed by atoms with Gasteiger partial charge in [-0.3, -0.25) is 4.98 Å². The van der Waals surface area contributed by atoms with Gasteiger partial charge in [-0.1, -0.05) is 26.0 Å². The summed E-state index contributed by atoms with van der Waals surface area (Å²) in [5.74, 6) is 0.559. The highest BCUT2D eigenvalue weighted by molar-refractivity contribution is 5.79. The van der Waals surface area contributed by atoms with Gasteiger partial charge in [0.05, 0.1) is 11.2 Å². The molecule has 2 rings (SSSR count). The lowest BCUT2D eigenvalue weighted by molar-refractivity contribution is 0.868. The lowest BCUT2D eigenvalue weighted by Crippen LogP contribution is -1.99. The summed E-state index contributed by atoms with van der Waals surface area (Å²) in [6, 6.07) is 10.5. The van der Waals surface area contributed by atoms with Crippen molar-refractivity contribution in [3.05, 3.63) is 41.6 Å². The average molecular weight is 200 g/mol. The van der Waals surface area contributed by atoms with Crippen molar-refractivity contribution in [2.45, 2.75) is 26.3 Å². The number of pyridine rings is 1. The molecule has 1 aromatic carbocycles. The lowest BCUT2D eigenvalue weighted by Gasteiger charge is -2.07. The van der Waals surface area contributed by atoms with E-state index >= 15 is 0 Å². The van der Waals surface area contributed by atoms with Gasteiger partial charge in [-0.15, -0.1) is 0 Å². The Labute approximate surface area is 90.1 Å². The Morgan fingerprint density at radius 2 is 2.00 bits per heavy atom. The lowest BCUT2D eigenvalue weighted by atomic mass is 10.0. The van der Waals surface area contributed by atoms with Crippen LogP contribution in [0.1, 0.15) is 31.0 Å². The molecule has 0 spiro atoms. The fourth-order valence-corrected chi connectivity index (χ4v) is 1.66. The second-order valence-corrected chi connectivity index (χ2v) is 4.11. The smallest absolute Gasteiger partial charge is 0.0706 e. The van der Waals surface area contributed by atoms with Crippen LogP contribution in [0.3, 0.4) is 0 Å². The number of hydrogen-bond acceptors (Lipinski definition) is 2. The zero-order valence-electron chi connectivity index (χ0n) is 9.20. The fraction of sp³-hybridized carbons (Fsp3) is 0.308. The molecule has 0 bridgehead atoms. The summed E-state index contributed by atoms with van der Waals surface area (Å²) in [5, 5.41) is 1.19. The van der Waals surface area contributed by atoms with Gasteiger partial charge in [-0.05, 0) is 29.7 Å². The van der Waals surface area contributed by atoms with Crippen molar-refractivity contribution in [2.24, 2.45) is 5.73 Å². The molecule has 2 N–H and O–H groups in total. The molecule has 0 unspecified atom stereocenters. The first-order chi connectivity index (χ1) is 7.20. The summed E-state index contributed by atoms with van der Waals surface area (Å²) < 4.78 is 0. The Morgan fingerprint density at radius 3 is 2.67 bits per heavy atom. The number of rotatable bonds is 2. The predicted octanol–water partition coefficient (Wildman–Crippen LogP) is 2.82. The first-order valence-electron chi connectivity index (χ1n) is 5.30. The molecule has 2 nitrogen and oxygen atoms in total. The normalized spacial score (nSPS) is 11.2. The highest BCUT2D eigenvalue weighted by Gasteiger charge is 2.01. The zero-order chi connectivity index (χ0) is 10.8. The first kappa shape index (κ1) is 10.1. The van der Waals surface area contributed by atoms with Crippen LogP contribution in [0, 0.1) is 0 Å². The van der Waals surface area contributed by atoms with E-state index in [-0.39, 0.29) is 0 Å². The molecule has 2 heteroatoms. The molecule has 0 aliphatic rings. The van der Waals surface area contributed by atoms with Crippen LogP contribution in [0.5, 0.6) is 0 Å². The number of nitrogens with two attached hydrogens (primary N) is 1. The second-order valence-electron chi connectivity index (χ2n) is 4.11. The standard InChI is InChI=1S/C13H16N2/c1-9(2)10-4-6-13-11(7-10)3-5-12(8-14)15-13/h3-7,9H,8,14H2,1-2H3. The van der Waals surface area contributed by atoms with Gasteiger partial charge in [-0.2, -0.15) is 0 Å². The molecule has 0 aliphatic heterocycles. The van der Waals surface area contributed by atoms with Crippen LogP contribution in [0.2, 0.25) is 0 Å². The van der Waals surface area contributed by atoms with Gasteiger partial charge in [0, 0.05) is 11.9 Å². The highest BCUT2D eigenvalue weighted by atomic mass is 14.7. The number of benzene rings is 1. The molecule has 0 saturated heterocycles. The van der Waals surface area contributed by atoms with Crippen molar-refractivity contribution in [3.8, 4) is 0 Å². The predicted molar refractivity (Wildman–Crippen MR) is 63.7 cm³/mol. The van der Waals surface area contributed by atoms with E-state index in [0.717, 1.165) is 11.2 Å². The van der Waals surface area contributed by atoms with E-state index < -0.39 is 0 Å². The molecule has 0 saturated carbocycles. The number of aromatic nitrogens is 1. The Balaban J connectivity index is 2.55. The maximum absolute atomic E-state index is 5.56. The summed E-state index contributed by atoms with van der Waals surface area (Å²) in [6.45, 7) is 4.90. The molecule has 0 aliphatic carbocycles. The SMILES string of the molecule is CC(C)c1ccc2nc(CN)ccc2c1. The van der Waals surface area contributed by atoms with Gasteiger partial charge in [0.15, 0.2) is 0 Å². The fourth-order valence-electron chi connectivity index (χ4n) is 1.66. The van der Waals surface area contributed by atoms with Crippen LogP contribution < -0.4 is 5.73 Å². The molecule has 0 radical (unpaired) electrons. The number of nitrogens with zero attached hydrogens (tertiary/aromatic N) is 1. The van der Waals surface area contributed by atoms with Gasteiger partial charge in [0.25, 0.3) is 0 Å². The van der Waals surface area contributed by atoms with E-state index in [1.807, 2.05) is 6.07 Å². The van der Waals surface area contributed by atoms with Crippen molar-refractivity contribution in [2.75, 3.05) is 0 Å². The second kappa shape index (κ2) is 3.99. The largest absolute Gasteiger partial charge is 0.325 e. The van der Waals surface area contributed by atoms with Gasteiger partial charge in [0.1, 0.15) is 0 Å². The minimum absolute atomic E-state index is 0.502. The van der Waals surface area contributed by atoms with Crippen LogP contribution in [0.4, 0.5) is 0 Å². The Morgan fingerprint density at radius 1 is 1.20 bits per heavy atom. The monoisotopic (exact) mass is 200 g/mol. The van der Waals surface area contributed by atoms with Crippen LogP contribution in [0.15, 0.2) is 30.3 Å². The van der Waals surface area contributed by atoms with Gasteiger partial charge < -0.3 is 5.73 Å². The summed E-state index contributed by atoms with van der Waals surface area (Å²) in [6.07, 6.45) is 0. The maximum Gasteiger partial charge on any atom is 0.0706 e. The summed E-state index contributed by atoms with van der Waals surface area (Å²) in [4.78, 5) is 4.47. The van der Waals surface area contributed by atoms with E-state index in [1.165, 1.54) is 10.9 Å². The van der Waals surface area contributed by atoms with E-state index in [1.54, 1.807) is 0 Å². The molecule has 78 valence electrons. The summed E-state index contributed by atoms with van der Waals surface area (Å²) >= 11 is 0. The van der Waals surface area contributed by atoms with Crippen LogP contribution in [-0.4, -0.2) is 4.98 Å². The summed E-state index contributed by atoms with van der Waals surface area (Å²) in [5.41, 5.74) is 8.88. The molecular formula is C13H16N2. The van der Waals surface area contributed by atoms with Crippen molar-refractivity contribution >= 4 is 10.9 Å². The zero-order valence-corrected chi connectivity index (χ0v) is 9.20. The number of hydrogen-bond donors (Lipinski definition) is 1. The topological polar surface area (TPSA) is 38.9 Å². The van der Waals surface area contributed by atoms with E-state index in [9.17, 15) is 0 Å². The van der Waals surface area contributed by atoms with Crippen LogP contribution in [-0.2, 0) is 6.54 Å². The van der Waals surface area contributed by atoms with Crippen molar-refractivity contribution in [1.29, 1.82) is 0 Å². The molecule has 0 amide bonds. The molecule has 1 aromatic heterocycles. The van der Waals surface area contributed by atoms with Gasteiger partial charge in [0.2, 0.25) is 0 Å². The molecule has 15 heavy (non-hydrogen) atoms. The first-order valence-corrected chi connectivity index (χ1v) is 5.30. The molecule has 2 aromatic rings. The minimum atomic E-state index is 0.502. The molecule has 1 heterocycles. The summed E-state index contributed by atoms with van der Waals surface area (Å²) in [7, 11) is 0. The third-order valence-corrected chi connectivity index (χ3v) is 2.65. The highest BCUT2D eigenvalue weighted by Crippen LogP contribution is 2.20. The minimum Gasteiger partial charge on any atom is -0.325 e. The van der Waals surface area contributed by atoms with Crippen molar-refractivity contribution in [1.82, 2.24) is 4.98 Å². The molecule has 0 atom stereocenters. The van der Waals surface area contributed by atoms with Crippen LogP contribution in [0.25, 0.3) is 10.9 Å². The van der Waals surface area contributed by atoms with E-state index in [0.29, 0.717) is 12.5 Å². The average Bonchev–Trinajstić information content (AvgIpc) is 2.27. The Hall–Kier alpha value is -1.41.